The standard InChI is InChI=1S/C20H15FN8O2/c1-28-13(5-2-6-15(28)30)16-17(19-24-8-9-31-19)26-20(22)29-18(16)25-14(27-29)10-12-11(21)4-3-7-23-12/h2-9H,10H2,1H3,(H2,22,26). The van der Waals surface area contributed by atoms with Crippen molar-refractivity contribution < 1.29 is 8.81 Å². The number of rotatable bonds is 4. The number of anilines is 1. The molecule has 5 aromatic rings. The molecule has 0 amide bonds. The molecule has 0 saturated heterocycles. The van der Waals surface area contributed by atoms with E-state index in [9.17, 15) is 9.18 Å². The molecule has 154 valence electrons. The number of hydrogen-bond acceptors (Lipinski definition) is 8. The van der Waals surface area contributed by atoms with Gasteiger partial charge in [0.25, 0.3) is 5.56 Å². The molecule has 0 aliphatic rings. The maximum Gasteiger partial charge on any atom is 0.250 e. The molecule has 0 aromatic carbocycles. The van der Waals surface area contributed by atoms with Crippen LogP contribution in [0.25, 0.3) is 28.5 Å². The Morgan fingerprint density at radius 1 is 1.13 bits per heavy atom. The maximum absolute atomic E-state index is 14.1. The molecule has 11 heteroatoms. The predicted octanol–water partition coefficient (Wildman–Crippen LogP) is 1.85. The quantitative estimate of drug-likeness (QED) is 0.468. The molecule has 2 N–H and O–H groups in total. The number of nitrogens with two attached hydrogens (primary N) is 1. The van der Waals surface area contributed by atoms with E-state index in [4.69, 9.17) is 10.2 Å². The van der Waals surface area contributed by atoms with Crippen molar-refractivity contribution >= 4 is 11.6 Å². The predicted molar refractivity (Wildman–Crippen MR) is 108 cm³/mol. The number of nitrogen functional groups attached to an aromatic ring is 1. The molecular weight excluding hydrogens is 403 g/mol. The fourth-order valence-electron chi connectivity index (χ4n) is 3.32. The number of fused-ring (bicyclic) bond motifs is 1. The van der Waals surface area contributed by atoms with E-state index >= 15 is 0 Å². The van der Waals surface area contributed by atoms with Crippen LogP contribution in [0.2, 0.25) is 0 Å². The minimum Gasteiger partial charge on any atom is -0.443 e. The largest absolute Gasteiger partial charge is 0.443 e. The lowest BCUT2D eigenvalue weighted by Gasteiger charge is -2.12. The van der Waals surface area contributed by atoms with Gasteiger partial charge in [-0.3, -0.25) is 9.78 Å². The van der Waals surface area contributed by atoms with E-state index in [1.807, 2.05) is 0 Å². The highest BCUT2D eigenvalue weighted by molar-refractivity contribution is 5.87. The summed E-state index contributed by atoms with van der Waals surface area (Å²) in [5, 5.41) is 4.38. The molecule has 0 atom stereocenters. The lowest BCUT2D eigenvalue weighted by molar-refractivity contribution is 0.572. The second-order valence-corrected chi connectivity index (χ2v) is 6.71. The molecule has 5 aromatic heterocycles. The van der Waals surface area contributed by atoms with E-state index in [1.165, 1.54) is 45.9 Å². The Kier molecular flexibility index (Phi) is 4.28. The Bertz CT molecular complexity index is 1470. The summed E-state index contributed by atoms with van der Waals surface area (Å²) >= 11 is 0. The highest BCUT2D eigenvalue weighted by atomic mass is 19.1. The van der Waals surface area contributed by atoms with Crippen molar-refractivity contribution in [3.05, 3.63) is 76.7 Å². The zero-order valence-electron chi connectivity index (χ0n) is 16.2. The summed E-state index contributed by atoms with van der Waals surface area (Å²) in [6.45, 7) is 0. The zero-order chi connectivity index (χ0) is 21.5. The first-order chi connectivity index (χ1) is 15.0. The van der Waals surface area contributed by atoms with Gasteiger partial charge in [0.05, 0.1) is 29.6 Å². The Labute approximate surface area is 173 Å². The van der Waals surface area contributed by atoms with Crippen molar-refractivity contribution in [2.24, 2.45) is 7.05 Å². The Morgan fingerprint density at radius 3 is 2.77 bits per heavy atom. The van der Waals surface area contributed by atoms with E-state index in [2.05, 4.69) is 25.0 Å². The van der Waals surface area contributed by atoms with Crippen molar-refractivity contribution in [2.45, 2.75) is 6.42 Å². The van der Waals surface area contributed by atoms with Crippen molar-refractivity contribution in [3.63, 3.8) is 0 Å². The lowest BCUT2D eigenvalue weighted by Crippen LogP contribution is -2.17. The molecule has 5 heterocycles. The molecule has 0 radical (unpaired) electrons. The van der Waals surface area contributed by atoms with E-state index in [1.54, 1.807) is 19.2 Å². The second kappa shape index (κ2) is 7.13. The summed E-state index contributed by atoms with van der Waals surface area (Å²) in [5.74, 6) is 0.0744. The Hall–Kier alpha value is -4.41. The first-order valence-electron chi connectivity index (χ1n) is 9.23. The Morgan fingerprint density at radius 2 is 2.00 bits per heavy atom. The summed E-state index contributed by atoms with van der Waals surface area (Å²) in [6, 6.07) is 7.64. The van der Waals surface area contributed by atoms with Gasteiger partial charge in [-0.15, -0.1) is 5.10 Å². The van der Waals surface area contributed by atoms with Gasteiger partial charge < -0.3 is 14.7 Å². The van der Waals surface area contributed by atoms with E-state index in [-0.39, 0.29) is 35.3 Å². The zero-order valence-corrected chi connectivity index (χ0v) is 16.2. The van der Waals surface area contributed by atoms with Crippen molar-refractivity contribution in [3.8, 4) is 22.8 Å². The minimum atomic E-state index is -0.460. The second-order valence-electron chi connectivity index (χ2n) is 6.71. The number of pyridine rings is 2. The average Bonchev–Trinajstić information content (AvgIpc) is 3.43. The van der Waals surface area contributed by atoms with Gasteiger partial charge in [-0.1, -0.05) is 6.07 Å². The normalized spacial score (nSPS) is 11.3. The van der Waals surface area contributed by atoms with Crippen LogP contribution < -0.4 is 11.3 Å². The third-order valence-electron chi connectivity index (χ3n) is 4.79. The molecule has 0 spiro atoms. The number of oxazole rings is 1. The van der Waals surface area contributed by atoms with Gasteiger partial charge >= 0.3 is 0 Å². The van der Waals surface area contributed by atoms with Crippen LogP contribution in [0.15, 0.2) is 58.2 Å². The molecule has 5 rings (SSSR count). The third kappa shape index (κ3) is 3.12. The van der Waals surface area contributed by atoms with Crippen LogP contribution in [0.3, 0.4) is 0 Å². The average molecular weight is 418 g/mol. The maximum atomic E-state index is 14.1. The van der Waals surface area contributed by atoms with E-state index in [0.717, 1.165) is 0 Å². The summed E-state index contributed by atoms with van der Waals surface area (Å²) < 4.78 is 22.3. The van der Waals surface area contributed by atoms with Crippen LogP contribution in [-0.4, -0.2) is 34.1 Å². The van der Waals surface area contributed by atoms with Crippen LogP contribution in [0.5, 0.6) is 0 Å². The number of nitrogens with zero attached hydrogens (tertiary/aromatic N) is 7. The Balaban J connectivity index is 1.79. The van der Waals surface area contributed by atoms with Crippen LogP contribution in [0, 0.1) is 5.82 Å². The highest BCUT2D eigenvalue weighted by Gasteiger charge is 2.24. The number of aromatic nitrogens is 7. The minimum absolute atomic E-state index is 0.0353. The smallest absolute Gasteiger partial charge is 0.250 e. The van der Waals surface area contributed by atoms with Gasteiger partial charge in [-0.2, -0.15) is 4.52 Å². The SMILES string of the molecule is Cn1c(-c2c(-c3ncco3)nc(N)n3nc(Cc4ncccc4F)nc23)cccc1=O. The van der Waals surface area contributed by atoms with Gasteiger partial charge in [0.1, 0.15) is 17.8 Å². The van der Waals surface area contributed by atoms with Crippen molar-refractivity contribution in [1.82, 2.24) is 34.1 Å². The van der Waals surface area contributed by atoms with Gasteiger partial charge in [-0.25, -0.2) is 19.3 Å². The molecule has 0 fully saturated rings. The topological polar surface area (TPSA) is 130 Å². The van der Waals surface area contributed by atoms with Gasteiger partial charge in [-0.05, 0) is 18.2 Å². The molecule has 10 nitrogen and oxygen atoms in total. The molecular formula is C20H15FN8O2. The molecule has 31 heavy (non-hydrogen) atoms. The number of halogens is 1. The fourth-order valence-corrected chi connectivity index (χ4v) is 3.32. The van der Waals surface area contributed by atoms with Gasteiger partial charge in [0.15, 0.2) is 11.5 Å². The highest BCUT2D eigenvalue weighted by Crippen LogP contribution is 2.33. The summed E-state index contributed by atoms with van der Waals surface area (Å²) in [5.41, 5.74) is 7.72. The third-order valence-corrected chi connectivity index (χ3v) is 4.79. The van der Waals surface area contributed by atoms with Crippen LogP contribution >= 0.6 is 0 Å². The molecule has 0 aliphatic carbocycles. The molecule has 0 unspecified atom stereocenters. The van der Waals surface area contributed by atoms with Crippen LogP contribution in [0.4, 0.5) is 10.3 Å². The number of hydrogen-bond donors (Lipinski definition) is 1. The monoisotopic (exact) mass is 418 g/mol. The first kappa shape index (κ1) is 18.6. The van der Waals surface area contributed by atoms with Gasteiger partial charge in [0.2, 0.25) is 11.8 Å². The fraction of sp³-hybridized carbons (Fsp3) is 0.100. The molecule has 0 aliphatic heterocycles. The van der Waals surface area contributed by atoms with Gasteiger partial charge in [0, 0.05) is 19.3 Å². The summed E-state index contributed by atoms with van der Waals surface area (Å²) in [6.07, 6.45) is 4.43. The summed E-state index contributed by atoms with van der Waals surface area (Å²) in [7, 11) is 1.63. The molecule has 0 bridgehead atoms. The summed E-state index contributed by atoms with van der Waals surface area (Å²) in [4.78, 5) is 29.5. The van der Waals surface area contributed by atoms with Crippen LogP contribution in [-0.2, 0) is 13.5 Å². The van der Waals surface area contributed by atoms with E-state index < -0.39 is 5.82 Å². The van der Waals surface area contributed by atoms with Crippen molar-refractivity contribution in [2.75, 3.05) is 5.73 Å². The first-order valence-corrected chi connectivity index (χ1v) is 9.23. The van der Waals surface area contributed by atoms with Crippen molar-refractivity contribution in [1.29, 1.82) is 0 Å². The van der Waals surface area contributed by atoms with Crippen LogP contribution in [0.1, 0.15) is 11.5 Å². The van der Waals surface area contributed by atoms with E-state index in [0.29, 0.717) is 22.6 Å². The lowest BCUT2D eigenvalue weighted by atomic mass is 10.1. The molecule has 0 saturated carbocycles.